The molecule has 0 aliphatic rings. The molecule has 78 valence electrons. The number of hydrogen-bond acceptors (Lipinski definition) is 3. The van der Waals surface area contributed by atoms with Gasteiger partial charge in [0.25, 0.3) is 0 Å². The minimum absolute atomic E-state index is 0.0938. The van der Waals surface area contributed by atoms with Gasteiger partial charge in [0.15, 0.2) is 0 Å². The number of thiophene rings is 2. The Morgan fingerprint density at radius 3 is 2.60 bits per heavy atom. The fraction of sp³-hybridized carbons (Fsp3) is 0.100. The van der Waals surface area contributed by atoms with E-state index in [1.807, 2.05) is 24.4 Å². The van der Waals surface area contributed by atoms with E-state index in [-0.39, 0.29) is 5.78 Å². The Bertz CT molecular complexity index is 513. The number of carbonyl (C=O) groups excluding carboxylic acids is 1. The zero-order valence-corrected chi connectivity index (χ0v) is 12.5. The minimum Gasteiger partial charge on any atom is -0.288 e. The van der Waals surface area contributed by atoms with Gasteiger partial charge in [0.05, 0.1) is 12.4 Å². The van der Waals surface area contributed by atoms with E-state index in [0.29, 0.717) is 0 Å². The van der Waals surface area contributed by atoms with Crippen LogP contribution >= 0.6 is 54.5 Å². The van der Waals surface area contributed by atoms with Gasteiger partial charge in [0, 0.05) is 5.56 Å². The molecule has 0 atom stereocenters. The Labute approximate surface area is 112 Å². The van der Waals surface area contributed by atoms with Crippen LogP contribution < -0.4 is 0 Å². The average Bonchev–Trinajstić information content (AvgIpc) is 2.71. The largest absolute Gasteiger partial charge is 0.288 e. The standard InChI is InChI=1S/C10H6Br2OS2/c1-5-2-3-14-9(5)8(13)6-4-7(11)15-10(6)12/h2-4H,1H3. The van der Waals surface area contributed by atoms with E-state index in [1.54, 1.807) is 0 Å². The third kappa shape index (κ3) is 2.25. The highest BCUT2D eigenvalue weighted by Crippen LogP contribution is 2.34. The zero-order chi connectivity index (χ0) is 11.0. The van der Waals surface area contributed by atoms with Gasteiger partial charge in [-0.25, -0.2) is 0 Å². The number of rotatable bonds is 2. The lowest BCUT2D eigenvalue weighted by Crippen LogP contribution is -1.98. The summed E-state index contributed by atoms with van der Waals surface area (Å²) in [5, 5.41) is 1.94. The number of aryl methyl sites for hydroxylation is 1. The number of ketones is 1. The van der Waals surface area contributed by atoms with Crippen molar-refractivity contribution in [1.29, 1.82) is 0 Å². The highest BCUT2D eigenvalue weighted by molar-refractivity contribution is 9.12. The highest BCUT2D eigenvalue weighted by atomic mass is 79.9. The summed E-state index contributed by atoms with van der Waals surface area (Å²) >= 11 is 9.78. The van der Waals surface area contributed by atoms with Gasteiger partial charge in [-0.1, -0.05) is 0 Å². The molecule has 2 rings (SSSR count). The summed E-state index contributed by atoms with van der Waals surface area (Å²) in [6.07, 6.45) is 0. The van der Waals surface area contributed by atoms with E-state index in [2.05, 4.69) is 31.9 Å². The molecule has 2 aromatic heterocycles. The van der Waals surface area contributed by atoms with Gasteiger partial charge < -0.3 is 0 Å². The summed E-state index contributed by atoms with van der Waals surface area (Å²) in [6.45, 7) is 1.96. The van der Waals surface area contributed by atoms with Crippen LogP contribution in [0.3, 0.4) is 0 Å². The molecular formula is C10H6Br2OS2. The van der Waals surface area contributed by atoms with Gasteiger partial charge in [0.2, 0.25) is 5.78 Å². The van der Waals surface area contributed by atoms with Gasteiger partial charge in [0.1, 0.15) is 0 Å². The van der Waals surface area contributed by atoms with E-state index < -0.39 is 0 Å². The third-order valence-corrected chi connectivity index (χ3v) is 5.32. The molecule has 2 heterocycles. The molecular weight excluding hydrogens is 360 g/mol. The average molecular weight is 366 g/mol. The van der Waals surface area contributed by atoms with Crippen LogP contribution in [0.4, 0.5) is 0 Å². The van der Waals surface area contributed by atoms with Crippen LogP contribution in [-0.4, -0.2) is 5.78 Å². The van der Waals surface area contributed by atoms with Crippen molar-refractivity contribution in [3.05, 3.63) is 41.1 Å². The molecule has 0 aliphatic carbocycles. The maximum atomic E-state index is 12.1. The first-order valence-corrected chi connectivity index (χ1v) is 7.41. The van der Waals surface area contributed by atoms with Gasteiger partial charge in [-0.2, -0.15) is 0 Å². The highest BCUT2D eigenvalue weighted by Gasteiger charge is 2.18. The molecule has 2 aromatic rings. The molecule has 0 unspecified atom stereocenters. The summed E-state index contributed by atoms with van der Waals surface area (Å²) in [6, 6.07) is 3.82. The lowest BCUT2D eigenvalue weighted by Gasteiger charge is -1.96. The maximum absolute atomic E-state index is 12.1. The number of carbonyl (C=O) groups is 1. The van der Waals surface area contributed by atoms with Gasteiger partial charge in [-0.05, 0) is 61.9 Å². The Hall–Kier alpha value is 0.0300. The van der Waals surface area contributed by atoms with E-state index in [0.717, 1.165) is 23.6 Å². The Morgan fingerprint density at radius 1 is 1.40 bits per heavy atom. The van der Waals surface area contributed by atoms with Crippen molar-refractivity contribution in [3.63, 3.8) is 0 Å². The van der Waals surface area contributed by atoms with Crippen LogP contribution in [0.25, 0.3) is 0 Å². The van der Waals surface area contributed by atoms with Crippen LogP contribution in [0.5, 0.6) is 0 Å². The fourth-order valence-corrected chi connectivity index (χ4v) is 4.90. The monoisotopic (exact) mass is 364 g/mol. The van der Waals surface area contributed by atoms with Crippen molar-refractivity contribution in [2.75, 3.05) is 0 Å². The summed E-state index contributed by atoms with van der Waals surface area (Å²) in [4.78, 5) is 12.9. The van der Waals surface area contributed by atoms with Gasteiger partial charge in [-0.3, -0.25) is 4.79 Å². The molecule has 0 aromatic carbocycles. The smallest absolute Gasteiger partial charge is 0.205 e. The molecule has 0 amide bonds. The molecule has 5 heteroatoms. The Morgan fingerprint density at radius 2 is 2.13 bits per heavy atom. The molecule has 0 saturated heterocycles. The lowest BCUT2D eigenvalue weighted by atomic mass is 10.1. The van der Waals surface area contributed by atoms with Crippen molar-refractivity contribution in [2.24, 2.45) is 0 Å². The van der Waals surface area contributed by atoms with Gasteiger partial charge in [-0.15, -0.1) is 22.7 Å². The summed E-state index contributed by atoms with van der Waals surface area (Å²) in [7, 11) is 0. The SMILES string of the molecule is Cc1ccsc1C(=O)c1cc(Br)sc1Br. The summed E-state index contributed by atoms with van der Waals surface area (Å²) < 4.78 is 1.85. The zero-order valence-electron chi connectivity index (χ0n) is 7.71. The van der Waals surface area contributed by atoms with Crippen molar-refractivity contribution < 1.29 is 4.79 Å². The van der Waals surface area contributed by atoms with E-state index in [9.17, 15) is 4.79 Å². The summed E-state index contributed by atoms with van der Waals surface area (Å²) in [5.41, 5.74) is 1.77. The number of hydrogen-bond donors (Lipinski definition) is 0. The van der Waals surface area contributed by atoms with Crippen LogP contribution in [0, 0.1) is 6.92 Å². The van der Waals surface area contributed by atoms with Gasteiger partial charge >= 0.3 is 0 Å². The van der Waals surface area contributed by atoms with Crippen LogP contribution in [0.15, 0.2) is 25.1 Å². The third-order valence-electron chi connectivity index (χ3n) is 1.97. The first-order chi connectivity index (χ1) is 7.09. The Balaban J connectivity index is 2.45. The minimum atomic E-state index is 0.0938. The van der Waals surface area contributed by atoms with E-state index in [4.69, 9.17) is 0 Å². The maximum Gasteiger partial charge on any atom is 0.205 e. The van der Waals surface area contributed by atoms with Crippen LogP contribution in [0.2, 0.25) is 0 Å². The quantitative estimate of drug-likeness (QED) is 0.693. The molecule has 0 saturated carbocycles. The molecule has 0 aliphatic heterocycles. The molecule has 1 nitrogen and oxygen atoms in total. The van der Waals surface area contributed by atoms with Crippen molar-refractivity contribution in [3.8, 4) is 0 Å². The normalized spacial score (nSPS) is 10.6. The lowest BCUT2D eigenvalue weighted by molar-refractivity contribution is 0.104. The van der Waals surface area contributed by atoms with Crippen molar-refractivity contribution in [2.45, 2.75) is 6.92 Å². The first kappa shape index (κ1) is 11.5. The molecule has 0 fully saturated rings. The van der Waals surface area contributed by atoms with Crippen LogP contribution in [0.1, 0.15) is 20.8 Å². The molecule has 15 heavy (non-hydrogen) atoms. The molecule has 0 radical (unpaired) electrons. The molecule has 0 bridgehead atoms. The second kappa shape index (κ2) is 4.49. The second-order valence-corrected chi connectivity index (χ2v) is 7.67. The predicted octanol–water partition coefficient (Wildman–Crippen LogP) is 4.87. The van der Waals surface area contributed by atoms with Crippen LogP contribution in [-0.2, 0) is 0 Å². The van der Waals surface area contributed by atoms with Crippen molar-refractivity contribution in [1.82, 2.24) is 0 Å². The summed E-state index contributed by atoms with van der Waals surface area (Å²) in [5.74, 6) is 0.0938. The first-order valence-electron chi connectivity index (χ1n) is 4.13. The topological polar surface area (TPSA) is 17.1 Å². The Kier molecular flexibility index (Phi) is 3.45. The molecule has 0 N–H and O–H groups in total. The van der Waals surface area contributed by atoms with Crippen molar-refractivity contribution >= 4 is 60.3 Å². The predicted molar refractivity (Wildman–Crippen MR) is 72.2 cm³/mol. The van der Waals surface area contributed by atoms with E-state index >= 15 is 0 Å². The second-order valence-electron chi connectivity index (χ2n) is 3.00. The van der Waals surface area contributed by atoms with E-state index in [1.165, 1.54) is 22.7 Å². The number of halogens is 2. The fourth-order valence-electron chi connectivity index (χ4n) is 1.22. The molecule has 0 spiro atoms.